The Morgan fingerprint density at radius 3 is 2.90 bits per heavy atom. The van der Waals surface area contributed by atoms with Crippen molar-refractivity contribution in [2.45, 2.75) is 25.2 Å². The predicted octanol–water partition coefficient (Wildman–Crippen LogP) is 2.75. The van der Waals surface area contributed by atoms with E-state index in [1.807, 2.05) is 0 Å². The number of hydrogen-bond donors (Lipinski definition) is 1. The van der Waals surface area contributed by atoms with Crippen LogP contribution in [0.25, 0.3) is 11.5 Å². The van der Waals surface area contributed by atoms with E-state index in [2.05, 4.69) is 15.1 Å². The summed E-state index contributed by atoms with van der Waals surface area (Å²) >= 11 is 5.77. The number of carboxylic acids is 1. The third-order valence-corrected chi connectivity index (χ3v) is 3.75. The fourth-order valence-corrected chi connectivity index (χ4v) is 2.56. The van der Waals surface area contributed by atoms with Crippen LogP contribution in [0.2, 0.25) is 5.02 Å². The van der Waals surface area contributed by atoms with E-state index in [0.29, 0.717) is 35.3 Å². The molecule has 0 aliphatic heterocycles. The number of halogens is 1. The molecule has 2 unspecified atom stereocenters. The molecule has 1 fully saturated rings. The van der Waals surface area contributed by atoms with Crippen molar-refractivity contribution in [3.8, 4) is 11.5 Å². The molecule has 104 valence electrons. The van der Waals surface area contributed by atoms with Crippen molar-refractivity contribution in [3.05, 3.63) is 29.2 Å². The maximum atomic E-state index is 10.9. The first-order valence-electron chi connectivity index (χ1n) is 6.32. The first kappa shape index (κ1) is 13.1. The number of carboxylic acid groups (broad SMARTS) is 1. The Morgan fingerprint density at radius 2 is 2.25 bits per heavy atom. The largest absolute Gasteiger partial charge is 0.481 e. The zero-order valence-corrected chi connectivity index (χ0v) is 11.2. The highest BCUT2D eigenvalue weighted by Gasteiger charge is 2.33. The second-order valence-corrected chi connectivity index (χ2v) is 5.30. The van der Waals surface area contributed by atoms with E-state index in [1.54, 1.807) is 12.1 Å². The van der Waals surface area contributed by atoms with Gasteiger partial charge < -0.3 is 9.63 Å². The molecule has 2 heterocycles. The van der Waals surface area contributed by atoms with Gasteiger partial charge in [-0.2, -0.15) is 4.98 Å². The molecule has 0 saturated heterocycles. The molecule has 0 amide bonds. The molecule has 2 aromatic rings. The summed E-state index contributed by atoms with van der Waals surface area (Å²) in [5, 5.41) is 13.4. The van der Waals surface area contributed by atoms with Crippen molar-refractivity contribution in [1.29, 1.82) is 0 Å². The summed E-state index contributed by atoms with van der Waals surface area (Å²) in [6.07, 6.45) is 3.47. The average molecular weight is 294 g/mol. The monoisotopic (exact) mass is 293 g/mol. The van der Waals surface area contributed by atoms with E-state index >= 15 is 0 Å². The van der Waals surface area contributed by atoms with Gasteiger partial charge in [0.05, 0.1) is 10.9 Å². The van der Waals surface area contributed by atoms with Crippen LogP contribution in [-0.2, 0) is 4.79 Å². The number of aliphatic carboxylic acids is 1. The molecule has 1 saturated carbocycles. The van der Waals surface area contributed by atoms with Gasteiger partial charge in [0.15, 0.2) is 0 Å². The maximum absolute atomic E-state index is 10.9. The van der Waals surface area contributed by atoms with Crippen LogP contribution in [0.4, 0.5) is 0 Å². The summed E-state index contributed by atoms with van der Waals surface area (Å²) in [5.74, 6) is -0.170. The standard InChI is InChI=1S/C13H12ClN3O3/c14-9-3-4-10(15-6-9)11-16-12(20-17-11)7-1-2-8(5-7)13(18)19/h3-4,6-8H,1-2,5H2,(H,18,19). The van der Waals surface area contributed by atoms with Gasteiger partial charge in [0.25, 0.3) is 0 Å². The highest BCUT2D eigenvalue weighted by atomic mass is 35.5. The van der Waals surface area contributed by atoms with Crippen molar-refractivity contribution in [2.75, 3.05) is 0 Å². The van der Waals surface area contributed by atoms with Crippen LogP contribution in [0.15, 0.2) is 22.9 Å². The Balaban J connectivity index is 1.77. The molecular formula is C13H12ClN3O3. The van der Waals surface area contributed by atoms with Crippen molar-refractivity contribution >= 4 is 17.6 Å². The Morgan fingerprint density at radius 1 is 1.40 bits per heavy atom. The van der Waals surface area contributed by atoms with Gasteiger partial charge in [0.1, 0.15) is 5.69 Å². The maximum Gasteiger partial charge on any atom is 0.306 e. The number of nitrogens with zero attached hydrogens (tertiary/aromatic N) is 3. The molecule has 1 aliphatic rings. The normalized spacial score (nSPS) is 22.1. The molecule has 2 atom stereocenters. The topological polar surface area (TPSA) is 89.1 Å². The third kappa shape index (κ3) is 2.51. The summed E-state index contributed by atoms with van der Waals surface area (Å²) in [5.41, 5.74) is 0.581. The second kappa shape index (κ2) is 5.20. The van der Waals surface area contributed by atoms with Gasteiger partial charge in [-0.3, -0.25) is 9.78 Å². The fraction of sp³-hybridized carbons (Fsp3) is 0.385. The lowest BCUT2D eigenvalue weighted by Gasteiger charge is -2.02. The number of hydrogen-bond acceptors (Lipinski definition) is 5. The molecule has 0 aromatic carbocycles. The first-order valence-corrected chi connectivity index (χ1v) is 6.69. The predicted molar refractivity (Wildman–Crippen MR) is 70.3 cm³/mol. The molecule has 0 spiro atoms. The molecule has 0 bridgehead atoms. The Bertz CT molecular complexity index is 626. The fourth-order valence-electron chi connectivity index (χ4n) is 2.44. The zero-order valence-electron chi connectivity index (χ0n) is 10.5. The highest BCUT2D eigenvalue weighted by Crippen LogP contribution is 2.38. The number of carbonyl (C=O) groups is 1. The van der Waals surface area contributed by atoms with Crippen molar-refractivity contribution < 1.29 is 14.4 Å². The van der Waals surface area contributed by atoms with Crippen molar-refractivity contribution in [1.82, 2.24) is 15.1 Å². The third-order valence-electron chi connectivity index (χ3n) is 3.53. The Hall–Kier alpha value is -1.95. The summed E-state index contributed by atoms with van der Waals surface area (Å²) < 4.78 is 5.23. The minimum atomic E-state index is -0.758. The minimum Gasteiger partial charge on any atom is -0.481 e. The van der Waals surface area contributed by atoms with E-state index in [1.165, 1.54) is 6.20 Å². The van der Waals surface area contributed by atoms with Crippen LogP contribution in [0.3, 0.4) is 0 Å². The van der Waals surface area contributed by atoms with Crippen LogP contribution in [0.1, 0.15) is 31.1 Å². The highest BCUT2D eigenvalue weighted by molar-refractivity contribution is 6.30. The molecule has 20 heavy (non-hydrogen) atoms. The molecule has 1 aliphatic carbocycles. The van der Waals surface area contributed by atoms with Gasteiger partial charge in [0, 0.05) is 12.1 Å². The first-order chi connectivity index (χ1) is 9.63. The van der Waals surface area contributed by atoms with E-state index in [0.717, 1.165) is 6.42 Å². The van der Waals surface area contributed by atoms with Gasteiger partial charge in [-0.25, -0.2) is 0 Å². The van der Waals surface area contributed by atoms with Crippen molar-refractivity contribution in [3.63, 3.8) is 0 Å². The zero-order chi connectivity index (χ0) is 14.1. The smallest absolute Gasteiger partial charge is 0.306 e. The summed E-state index contributed by atoms with van der Waals surface area (Å²) in [4.78, 5) is 19.4. The van der Waals surface area contributed by atoms with Gasteiger partial charge >= 0.3 is 5.97 Å². The molecule has 6 nitrogen and oxygen atoms in total. The minimum absolute atomic E-state index is 0.0182. The Labute approximate surface area is 119 Å². The van der Waals surface area contributed by atoms with Crippen LogP contribution >= 0.6 is 11.6 Å². The number of rotatable bonds is 3. The van der Waals surface area contributed by atoms with Gasteiger partial charge in [-0.15, -0.1) is 0 Å². The lowest BCUT2D eigenvalue weighted by atomic mass is 10.1. The van der Waals surface area contributed by atoms with Gasteiger partial charge in [0.2, 0.25) is 11.7 Å². The van der Waals surface area contributed by atoms with Crippen LogP contribution in [-0.4, -0.2) is 26.2 Å². The van der Waals surface area contributed by atoms with Gasteiger partial charge in [-0.1, -0.05) is 16.8 Å². The lowest BCUT2D eigenvalue weighted by Crippen LogP contribution is -2.09. The van der Waals surface area contributed by atoms with E-state index in [-0.39, 0.29) is 11.8 Å². The van der Waals surface area contributed by atoms with Crippen LogP contribution in [0.5, 0.6) is 0 Å². The van der Waals surface area contributed by atoms with Crippen LogP contribution in [0, 0.1) is 5.92 Å². The van der Waals surface area contributed by atoms with Gasteiger partial charge in [-0.05, 0) is 31.4 Å². The molecule has 2 aromatic heterocycles. The molecule has 7 heteroatoms. The van der Waals surface area contributed by atoms with E-state index in [4.69, 9.17) is 21.2 Å². The summed E-state index contributed by atoms with van der Waals surface area (Å²) in [6.45, 7) is 0. The lowest BCUT2D eigenvalue weighted by molar-refractivity contribution is -0.141. The molecule has 1 N–H and O–H groups in total. The van der Waals surface area contributed by atoms with E-state index < -0.39 is 5.97 Å². The summed E-state index contributed by atoms with van der Waals surface area (Å²) in [7, 11) is 0. The average Bonchev–Trinajstić information content (AvgIpc) is 3.08. The summed E-state index contributed by atoms with van der Waals surface area (Å²) in [6, 6.07) is 3.42. The molecule has 0 radical (unpaired) electrons. The second-order valence-electron chi connectivity index (χ2n) is 4.86. The van der Waals surface area contributed by atoms with Crippen molar-refractivity contribution in [2.24, 2.45) is 5.92 Å². The quantitative estimate of drug-likeness (QED) is 0.936. The Kier molecular flexibility index (Phi) is 3.40. The number of aromatic nitrogens is 3. The SMILES string of the molecule is O=C(O)C1CCC(c2nc(-c3ccc(Cl)cn3)no2)C1. The van der Waals surface area contributed by atoms with E-state index in [9.17, 15) is 4.79 Å². The number of pyridine rings is 1. The molecule has 3 rings (SSSR count). The van der Waals surface area contributed by atoms with Crippen LogP contribution < -0.4 is 0 Å². The molecular weight excluding hydrogens is 282 g/mol.